The van der Waals surface area contributed by atoms with E-state index in [2.05, 4.69) is 26.6 Å². The quantitative estimate of drug-likeness (QED) is 0.320. The SMILES string of the molecule is O=C(NCc1ccccc1)C1N([C@H](CO)c2ccccc2)C(=O)[C@@H]2[C@@H](C(=O)NCc3ccccc3)[C@@H]3OC12CC3Br. The Bertz CT molecular complexity index is 1410. The second-order valence-corrected chi connectivity index (χ2v) is 12.1. The van der Waals surface area contributed by atoms with Gasteiger partial charge < -0.3 is 25.4 Å². The molecule has 0 aliphatic carbocycles. The summed E-state index contributed by atoms with van der Waals surface area (Å²) in [6.45, 7) is 0.209. The number of hydrogen-bond donors (Lipinski definition) is 3. The van der Waals surface area contributed by atoms with Gasteiger partial charge in [-0.15, -0.1) is 0 Å². The zero-order valence-electron chi connectivity index (χ0n) is 22.4. The maximum Gasteiger partial charge on any atom is 0.246 e. The number of carbonyl (C=O) groups is 3. The second-order valence-electron chi connectivity index (χ2n) is 10.9. The number of aliphatic hydroxyl groups is 1. The number of hydrogen-bond acceptors (Lipinski definition) is 5. The van der Waals surface area contributed by atoms with Crippen molar-refractivity contribution in [1.82, 2.24) is 15.5 Å². The van der Waals surface area contributed by atoms with Gasteiger partial charge in [0.05, 0.1) is 30.6 Å². The predicted octanol–water partition coefficient (Wildman–Crippen LogP) is 3.10. The van der Waals surface area contributed by atoms with E-state index in [1.807, 2.05) is 91.0 Å². The lowest BCUT2D eigenvalue weighted by Crippen LogP contribution is -2.56. The van der Waals surface area contributed by atoms with Gasteiger partial charge in [-0.05, 0) is 23.1 Å². The number of amides is 3. The van der Waals surface area contributed by atoms with E-state index in [1.54, 1.807) is 0 Å². The molecule has 9 heteroatoms. The molecule has 3 unspecified atom stereocenters. The molecule has 3 aliphatic rings. The fourth-order valence-electron chi connectivity index (χ4n) is 6.82. The van der Waals surface area contributed by atoms with Crippen LogP contribution in [0.1, 0.15) is 29.2 Å². The van der Waals surface area contributed by atoms with Gasteiger partial charge >= 0.3 is 0 Å². The number of nitrogens with one attached hydrogen (secondary N) is 2. The molecule has 3 N–H and O–H groups in total. The third-order valence-corrected chi connectivity index (χ3v) is 9.44. The van der Waals surface area contributed by atoms with E-state index in [0.717, 1.165) is 11.1 Å². The predicted molar refractivity (Wildman–Crippen MR) is 155 cm³/mol. The average Bonchev–Trinajstić information content (AvgIpc) is 3.60. The Balaban J connectivity index is 1.35. The Labute approximate surface area is 247 Å². The molecule has 3 saturated heterocycles. The first-order chi connectivity index (χ1) is 19.9. The van der Waals surface area contributed by atoms with Gasteiger partial charge in [0.25, 0.3) is 0 Å². The molecule has 212 valence electrons. The van der Waals surface area contributed by atoms with Crippen LogP contribution in [0, 0.1) is 11.8 Å². The van der Waals surface area contributed by atoms with Crippen LogP contribution in [0.25, 0.3) is 0 Å². The van der Waals surface area contributed by atoms with Crippen LogP contribution in [0.15, 0.2) is 91.0 Å². The molecule has 3 fully saturated rings. The highest BCUT2D eigenvalue weighted by Gasteiger charge is 2.77. The fraction of sp³-hybridized carbons (Fsp3) is 0.344. The van der Waals surface area contributed by atoms with Crippen LogP contribution in [0.5, 0.6) is 0 Å². The first kappa shape index (κ1) is 27.6. The first-order valence-corrected chi connectivity index (χ1v) is 14.8. The van der Waals surface area contributed by atoms with E-state index < -0.39 is 35.6 Å². The summed E-state index contributed by atoms with van der Waals surface area (Å²) < 4.78 is 6.59. The number of nitrogens with zero attached hydrogens (tertiary/aromatic N) is 1. The summed E-state index contributed by atoms with van der Waals surface area (Å²) in [5, 5.41) is 16.6. The summed E-state index contributed by atoms with van der Waals surface area (Å²) >= 11 is 3.71. The van der Waals surface area contributed by atoms with Crippen LogP contribution in [0.2, 0.25) is 0 Å². The van der Waals surface area contributed by atoms with Crippen molar-refractivity contribution in [3.05, 3.63) is 108 Å². The van der Waals surface area contributed by atoms with E-state index in [1.165, 1.54) is 4.90 Å². The highest BCUT2D eigenvalue weighted by atomic mass is 79.9. The molecular formula is C32H32BrN3O5. The van der Waals surface area contributed by atoms with Gasteiger partial charge in [0.1, 0.15) is 11.6 Å². The number of rotatable bonds is 9. The van der Waals surface area contributed by atoms with Crippen molar-refractivity contribution in [1.29, 1.82) is 0 Å². The molecule has 1 spiro atoms. The Morgan fingerprint density at radius 2 is 1.44 bits per heavy atom. The molecule has 3 amide bonds. The van der Waals surface area contributed by atoms with Gasteiger partial charge in [-0.3, -0.25) is 14.4 Å². The molecule has 3 aliphatic heterocycles. The number of fused-ring (bicyclic) bond motifs is 1. The van der Waals surface area contributed by atoms with Crippen molar-refractivity contribution in [2.45, 2.75) is 48.1 Å². The first-order valence-electron chi connectivity index (χ1n) is 13.9. The Hall–Kier alpha value is -3.53. The molecular weight excluding hydrogens is 586 g/mol. The molecule has 0 aromatic heterocycles. The van der Waals surface area contributed by atoms with Gasteiger partial charge in [-0.1, -0.05) is 107 Å². The third kappa shape index (κ3) is 4.86. The smallest absolute Gasteiger partial charge is 0.246 e. The Kier molecular flexibility index (Phi) is 7.68. The van der Waals surface area contributed by atoms with Crippen LogP contribution in [0.4, 0.5) is 0 Å². The highest BCUT2D eigenvalue weighted by molar-refractivity contribution is 9.09. The van der Waals surface area contributed by atoms with Crippen LogP contribution in [-0.2, 0) is 32.2 Å². The zero-order valence-corrected chi connectivity index (χ0v) is 23.9. The van der Waals surface area contributed by atoms with E-state index in [0.29, 0.717) is 18.5 Å². The monoisotopic (exact) mass is 617 g/mol. The summed E-state index contributed by atoms with van der Waals surface area (Å²) in [5.41, 5.74) is 1.35. The minimum absolute atomic E-state index is 0.215. The molecule has 2 bridgehead atoms. The molecule has 41 heavy (non-hydrogen) atoms. The van der Waals surface area contributed by atoms with E-state index in [4.69, 9.17) is 4.74 Å². The molecule has 0 radical (unpaired) electrons. The number of likely N-dealkylation sites (tertiary alicyclic amines) is 1. The fourth-order valence-corrected chi connectivity index (χ4v) is 7.76. The zero-order chi connectivity index (χ0) is 28.6. The maximum atomic E-state index is 14.4. The maximum absolute atomic E-state index is 14.4. The summed E-state index contributed by atoms with van der Waals surface area (Å²) in [5.74, 6) is -2.65. The second kappa shape index (κ2) is 11.4. The third-order valence-electron chi connectivity index (χ3n) is 8.59. The van der Waals surface area contributed by atoms with Gasteiger partial charge in [0.2, 0.25) is 17.7 Å². The number of alkyl halides is 1. The summed E-state index contributed by atoms with van der Waals surface area (Å²) in [4.78, 5) is 43.4. The van der Waals surface area contributed by atoms with Crippen molar-refractivity contribution in [3.8, 4) is 0 Å². The topological polar surface area (TPSA) is 108 Å². The molecule has 3 heterocycles. The van der Waals surface area contributed by atoms with E-state index >= 15 is 0 Å². The summed E-state index contributed by atoms with van der Waals surface area (Å²) in [6.07, 6.45) is -0.167. The van der Waals surface area contributed by atoms with Crippen molar-refractivity contribution in [3.63, 3.8) is 0 Å². The van der Waals surface area contributed by atoms with Crippen molar-refractivity contribution in [2.24, 2.45) is 11.8 Å². The molecule has 8 nitrogen and oxygen atoms in total. The van der Waals surface area contributed by atoms with E-state index in [-0.39, 0.29) is 35.7 Å². The van der Waals surface area contributed by atoms with Crippen molar-refractivity contribution < 1.29 is 24.2 Å². The molecule has 7 atom stereocenters. The minimum atomic E-state index is -1.21. The standard InChI is InChI=1S/C32H32BrN3O5/c33-23-16-32-26(25(27(23)41-32)29(38)34-17-20-10-4-1-5-11-20)31(40)36(24(19-37)22-14-8-3-9-15-22)28(32)30(39)35-18-21-12-6-2-7-13-21/h1-15,23-28,37H,16-19H2,(H,34,38)(H,35,39)/t23?,24-,25-,26+,27-,28?,32?/m1/s1. The van der Waals surface area contributed by atoms with E-state index in [9.17, 15) is 19.5 Å². The number of ether oxygens (including phenoxy) is 1. The normalized spacial score (nSPS) is 28.8. The lowest BCUT2D eigenvalue weighted by molar-refractivity contribution is -0.145. The number of benzene rings is 3. The summed E-state index contributed by atoms with van der Waals surface area (Å²) in [7, 11) is 0. The number of carbonyl (C=O) groups excluding carboxylic acids is 3. The molecule has 6 rings (SSSR count). The molecule has 3 aromatic carbocycles. The number of halogens is 1. The van der Waals surface area contributed by atoms with Crippen LogP contribution in [-0.4, -0.2) is 56.9 Å². The lowest BCUT2D eigenvalue weighted by atomic mass is 9.70. The van der Waals surface area contributed by atoms with Crippen LogP contribution < -0.4 is 10.6 Å². The van der Waals surface area contributed by atoms with Crippen molar-refractivity contribution >= 4 is 33.7 Å². The number of aliphatic hydroxyl groups excluding tert-OH is 1. The highest BCUT2D eigenvalue weighted by Crippen LogP contribution is 2.61. The Morgan fingerprint density at radius 1 is 0.902 bits per heavy atom. The minimum Gasteiger partial charge on any atom is -0.394 e. The Morgan fingerprint density at radius 3 is 2.00 bits per heavy atom. The summed E-state index contributed by atoms with van der Waals surface area (Å²) in [6, 6.07) is 26.5. The lowest BCUT2D eigenvalue weighted by Gasteiger charge is -2.37. The largest absolute Gasteiger partial charge is 0.394 e. The van der Waals surface area contributed by atoms with Gasteiger partial charge in [0, 0.05) is 17.9 Å². The van der Waals surface area contributed by atoms with Gasteiger partial charge in [0.15, 0.2) is 0 Å². The van der Waals surface area contributed by atoms with Crippen LogP contribution in [0.3, 0.4) is 0 Å². The van der Waals surface area contributed by atoms with Crippen LogP contribution >= 0.6 is 15.9 Å². The molecule has 3 aromatic rings. The average molecular weight is 619 g/mol. The van der Waals surface area contributed by atoms with Gasteiger partial charge in [-0.25, -0.2) is 0 Å². The van der Waals surface area contributed by atoms with Crippen molar-refractivity contribution in [2.75, 3.05) is 6.61 Å². The molecule has 0 saturated carbocycles. The van der Waals surface area contributed by atoms with Gasteiger partial charge in [-0.2, -0.15) is 0 Å².